The highest BCUT2D eigenvalue weighted by Gasteiger charge is 2.59. The molecule has 1 aliphatic carbocycles. The smallest absolute Gasteiger partial charge is 0.329 e. The second kappa shape index (κ2) is 5.16. The number of esters is 2. The van der Waals surface area contributed by atoms with Crippen molar-refractivity contribution in [2.24, 2.45) is 5.41 Å². The molecule has 1 aromatic carbocycles. The van der Waals surface area contributed by atoms with Gasteiger partial charge in [0.2, 0.25) is 0 Å². The molecule has 1 aromatic rings. The Kier molecular flexibility index (Phi) is 3.43. The summed E-state index contributed by atoms with van der Waals surface area (Å²) in [6.45, 7) is 3.91. The van der Waals surface area contributed by atoms with Crippen molar-refractivity contribution in [1.82, 2.24) is 0 Å². The number of phenols is 1. The monoisotopic (exact) mass is 302 g/mol. The molecule has 1 N–H and O–H groups in total. The van der Waals surface area contributed by atoms with Crippen LogP contribution in [0.4, 0.5) is 0 Å². The highest BCUT2D eigenvalue weighted by Crippen LogP contribution is 2.54. The Morgan fingerprint density at radius 3 is 3.00 bits per heavy atom. The molecule has 1 aliphatic heterocycles. The molecular weight excluding hydrogens is 284 g/mol. The molecule has 1 heterocycles. The summed E-state index contributed by atoms with van der Waals surface area (Å²) in [6, 6.07) is 4.67. The standard InChI is InChI=1S/C17H18O5/c1-3-21-15(19)17-7-6-10(2)8-13(17)12-5-4-11(18)9-14(12)22-16(17)20/h4-6,9,13,18H,3,7-8H2,1-2H3/t13-,17-/m0/s1. The Labute approximate surface area is 128 Å². The van der Waals surface area contributed by atoms with E-state index >= 15 is 0 Å². The van der Waals surface area contributed by atoms with Crippen LogP contribution in [0.15, 0.2) is 29.8 Å². The number of hydrogen-bond acceptors (Lipinski definition) is 5. The summed E-state index contributed by atoms with van der Waals surface area (Å²) in [5, 5.41) is 9.59. The summed E-state index contributed by atoms with van der Waals surface area (Å²) in [7, 11) is 0. The molecular formula is C17H18O5. The Hall–Kier alpha value is -2.30. The molecule has 0 saturated heterocycles. The Bertz CT molecular complexity index is 676. The molecule has 0 radical (unpaired) electrons. The van der Waals surface area contributed by atoms with E-state index in [0.717, 1.165) is 11.1 Å². The maximum atomic E-state index is 12.6. The zero-order valence-electron chi connectivity index (χ0n) is 12.6. The average molecular weight is 302 g/mol. The lowest BCUT2D eigenvalue weighted by Crippen LogP contribution is -2.51. The normalized spacial score (nSPS) is 26.4. The quantitative estimate of drug-likeness (QED) is 0.393. The van der Waals surface area contributed by atoms with Crippen molar-refractivity contribution in [3.63, 3.8) is 0 Å². The lowest BCUT2D eigenvalue weighted by Gasteiger charge is -2.42. The van der Waals surface area contributed by atoms with Gasteiger partial charge in [-0.05, 0) is 32.8 Å². The van der Waals surface area contributed by atoms with Crippen molar-refractivity contribution in [2.45, 2.75) is 32.6 Å². The molecule has 2 aliphatic rings. The lowest BCUT2D eigenvalue weighted by molar-refractivity contribution is -0.171. The molecule has 0 amide bonds. The zero-order chi connectivity index (χ0) is 15.9. The predicted molar refractivity (Wildman–Crippen MR) is 78.5 cm³/mol. The van der Waals surface area contributed by atoms with Crippen molar-refractivity contribution in [3.05, 3.63) is 35.4 Å². The van der Waals surface area contributed by atoms with E-state index in [1.165, 1.54) is 6.07 Å². The first-order valence-corrected chi connectivity index (χ1v) is 7.37. The van der Waals surface area contributed by atoms with Crippen LogP contribution in [0, 0.1) is 5.41 Å². The van der Waals surface area contributed by atoms with Gasteiger partial charge >= 0.3 is 11.9 Å². The van der Waals surface area contributed by atoms with Gasteiger partial charge in [-0.25, -0.2) is 0 Å². The Morgan fingerprint density at radius 2 is 2.27 bits per heavy atom. The number of aromatic hydroxyl groups is 1. The van der Waals surface area contributed by atoms with E-state index in [1.54, 1.807) is 19.1 Å². The molecule has 0 bridgehead atoms. The SMILES string of the molecule is CCOC(=O)[C@]12CC=C(C)C[C@H]1c1ccc(O)cc1OC2=O. The zero-order valence-corrected chi connectivity index (χ0v) is 12.6. The van der Waals surface area contributed by atoms with Crippen molar-refractivity contribution < 1.29 is 24.2 Å². The molecule has 22 heavy (non-hydrogen) atoms. The Morgan fingerprint density at radius 1 is 1.50 bits per heavy atom. The van der Waals surface area contributed by atoms with Crippen molar-refractivity contribution in [2.75, 3.05) is 6.61 Å². The number of ether oxygens (including phenoxy) is 2. The maximum Gasteiger partial charge on any atom is 0.329 e. The Balaban J connectivity index is 2.16. The van der Waals surface area contributed by atoms with Crippen LogP contribution in [0.3, 0.4) is 0 Å². The minimum Gasteiger partial charge on any atom is -0.508 e. The fourth-order valence-corrected chi connectivity index (χ4v) is 3.32. The summed E-state index contributed by atoms with van der Waals surface area (Å²) >= 11 is 0. The van der Waals surface area contributed by atoms with E-state index in [-0.39, 0.29) is 24.7 Å². The van der Waals surface area contributed by atoms with E-state index in [2.05, 4.69) is 0 Å². The van der Waals surface area contributed by atoms with E-state index in [1.807, 2.05) is 13.0 Å². The fraction of sp³-hybridized carbons (Fsp3) is 0.412. The molecule has 116 valence electrons. The van der Waals surface area contributed by atoms with Crippen molar-refractivity contribution >= 4 is 11.9 Å². The maximum absolute atomic E-state index is 12.6. The molecule has 0 aromatic heterocycles. The molecule has 0 fully saturated rings. The molecule has 0 spiro atoms. The first-order valence-electron chi connectivity index (χ1n) is 7.37. The van der Waals surface area contributed by atoms with Gasteiger partial charge in [-0.1, -0.05) is 17.7 Å². The van der Waals surface area contributed by atoms with Gasteiger partial charge in [-0.15, -0.1) is 0 Å². The molecule has 5 nitrogen and oxygen atoms in total. The summed E-state index contributed by atoms with van der Waals surface area (Å²) < 4.78 is 10.5. The van der Waals surface area contributed by atoms with Crippen LogP contribution in [-0.2, 0) is 14.3 Å². The minimum atomic E-state index is -1.32. The first kappa shape index (κ1) is 14.6. The van der Waals surface area contributed by atoms with Crippen LogP contribution < -0.4 is 4.74 Å². The number of fused-ring (bicyclic) bond motifs is 3. The van der Waals surface area contributed by atoms with Gasteiger partial charge in [0.15, 0.2) is 5.41 Å². The van der Waals surface area contributed by atoms with E-state index in [0.29, 0.717) is 12.2 Å². The van der Waals surface area contributed by atoms with Gasteiger partial charge in [-0.2, -0.15) is 0 Å². The summed E-state index contributed by atoms with van der Waals surface area (Å²) in [6.07, 6.45) is 2.77. The number of phenolic OH excluding ortho intramolecular Hbond substituents is 1. The number of rotatable bonds is 2. The van der Waals surface area contributed by atoms with Gasteiger partial charge < -0.3 is 14.6 Å². The predicted octanol–water partition coefficient (Wildman–Crippen LogP) is 2.68. The van der Waals surface area contributed by atoms with Gasteiger partial charge in [0, 0.05) is 17.5 Å². The molecule has 0 unspecified atom stereocenters. The van der Waals surface area contributed by atoms with Crippen LogP contribution in [0.1, 0.15) is 38.2 Å². The topological polar surface area (TPSA) is 72.8 Å². The van der Waals surface area contributed by atoms with Gasteiger partial charge in [-0.3, -0.25) is 9.59 Å². The van der Waals surface area contributed by atoms with Crippen LogP contribution in [-0.4, -0.2) is 23.7 Å². The van der Waals surface area contributed by atoms with Crippen molar-refractivity contribution in [3.8, 4) is 11.5 Å². The second-order valence-electron chi connectivity index (χ2n) is 5.81. The minimum absolute atomic E-state index is 0.0262. The summed E-state index contributed by atoms with van der Waals surface area (Å²) in [4.78, 5) is 25.2. The van der Waals surface area contributed by atoms with Gasteiger partial charge in [0.25, 0.3) is 0 Å². The number of benzene rings is 1. The molecule has 5 heteroatoms. The number of allylic oxidation sites excluding steroid dienone is 2. The van der Waals surface area contributed by atoms with E-state index in [9.17, 15) is 14.7 Å². The highest BCUT2D eigenvalue weighted by atomic mass is 16.6. The lowest BCUT2D eigenvalue weighted by atomic mass is 9.63. The van der Waals surface area contributed by atoms with Crippen molar-refractivity contribution in [1.29, 1.82) is 0 Å². The first-order chi connectivity index (χ1) is 10.5. The molecule has 0 saturated carbocycles. The molecule has 2 atom stereocenters. The highest BCUT2D eigenvalue weighted by molar-refractivity contribution is 6.04. The number of carbonyl (C=O) groups is 2. The second-order valence-corrected chi connectivity index (χ2v) is 5.81. The van der Waals surface area contributed by atoms with Crippen LogP contribution >= 0.6 is 0 Å². The molecule has 3 rings (SSSR count). The van der Waals surface area contributed by atoms with Gasteiger partial charge in [0.1, 0.15) is 11.5 Å². The number of carbonyl (C=O) groups excluding carboxylic acids is 2. The number of hydrogen-bond donors (Lipinski definition) is 1. The third kappa shape index (κ3) is 2.00. The summed E-state index contributed by atoms with van der Waals surface area (Å²) in [5.41, 5.74) is 0.566. The van der Waals surface area contributed by atoms with Crippen LogP contribution in [0.5, 0.6) is 11.5 Å². The van der Waals surface area contributed by atoms with Crippen LogP contribution in [0.25, 0.3) is 0 Å². The van der Waals surface area contributed by atoms with Gasteiger partial charge in [0.05, 0.1) is 6.61 Å². The largest absolute Gasteiger partial charge is 0.508 e. The summed E-state index contributed by atoms with van der Waals surface area (Å²) in [5.74, 6) is -1.11. The van der Waals surface area contributed by atoms with E-state index < -0.39 is 17.4 Å². The third-order valence-corrected chi connectivity index (χ3v) is 4.47. The average Bonchev–Trinajstić information content (AvgIpc) is 2.47. The fourth-order valence-electron chi connectivity index (χ4n) is 3.32. The van der Waals surface area contributed by atoms with E-state index in [4.69, 9.17) is 9.47 Å². The van der Waals surface area contributed by atoms with Crippen LogP contribution in [0.2, 0.25) is 0 Å². The third-order valence-electron chi connectivity index (χ3n) is 4.47.